The van der Waals surface area contributed by atoms with Gasteiger partial charge in [0, 0.05) is 33.5 Å². The number of benzene rings is 2. The number of aryl methyl sites for hydroxylation is 2. The van der Waals surface area contributed by atoms with E-state index >= 15 is 0 Å². The maximum atomic E-state index is 13.2. The summed E-state index contributed by atoms with van der Waals surface area (Å²) >= 11 is 12.5. The van der Waals surface area contributed by atoms with Crippen LogP contribution < -0.4 is 10.5 Å². The van der Waals surface area contributed by atoms with Gasteiger partial charge in [-0.05, 0) is 44.0 Å². The Morgan fingerprint density at radius 1 is 1.00 bits per heavy atom. The molecule has 2 aromatic carbocycles. The third kappa shape index (κ3) is 4.10. The Kier molecular flexibility index (Phi) is 5.87. The van der Waals surface area contributed by atoms with Crippen LogP contribution >= 0.6 is 23.2 Å². The number of hydrogen-bond donors (Lipinski definition) is 0. The molecular formula is C23H24Cl2N4O. The summed E-state index contributed by atoms with van der Waals surface area (Å²) in [6.07, 6.45) is 0.652. The molecule has 4 rings (SSSR count). The minimum absolute atomic E-state index is 0.00623. The Hall–Kier alpha value is -2.34. The van der Waals surface area contributed by atoms with E-state index in [-0.39, 0.29) is 5.56 Å². The number of nitrogens with zero attached hydrogens (tertiary/aromatic N) is 4. The summed E-state index contributed by atoms with van der Waals surface area (Å²) in [5.41, 5.74) is 4.74. The molecule has 0 amide bonds. The fourth-order valence-electron chi connectivity index (χ4n) is 3.88. The quantitative estimate of drug-likeness (QED) is 0.549. The normalized spacial score (nSPS) is 14.1. The largest absolute Gasteiger partial charge is 0.298 e. The van der Waals surface area contributed by atoms with Crippen LogP contribution in [0.3, 0.4) is 0 Å². The molecule has 7 heteroatoms. The standard InChI is InChI=1S/C23H24Cl2N4O/c1-4-21-16(3)26-23-28(20-10-18(24)9-19(25)11-20)13-27(14-29(23)22(21)30)12-17-7-5-15(2)6-8-17/h5-11H,4,12-14H2,1-3H3. The molecule has 0 atom stereocenters. The highest BCUT2D eigenvalue weighted by atomic mass is 35.5. The van der Waals surface area contributed by atoms with E-state index in [4.69, 9.17) is 28.2 Å². The van der Waals surface area contributed by atoms with Gasteiger partial charge in [0.1, 0.15) is 0 Å². The van der Waals surface area contributed by atoms with Crippen LogP contribution in [-0.4, -0.2) is 21.1 Å². The molecule has 1 aromatic heterocycles. The van der Waals surface area contributed by atoms with Crippen molar-refractivity contribution >= 4 is 34.8 Å². The molecule has 3 aromatic rings. The fourth-order valence-corrected chi connectivity index (χ4v) is 4.39. The van der Waals surface area contributed by atoms with Gasteiger partial charge in [-0.25, -0.2) is 4.98 Å². The molecule has 0 unspecified atom stereocenters. The van der Waals surface area contributed by atoms with E-state index in [0.717, 1.165) is 16.9 Å². The smallest absolute Gasteiger partial charge is 0.259 e. The maximum absolute atomic E-state index is 13.2. The average molecular weight is 443 g/mol. The number of fused-ring (bicyclic) bond motifs is 1. The summed E-state index contributed by atoms with van der Waals surface area (Å²) in [5, 5.41) is 1.09. The van der Waals surface area contributed by atoms with E-state index in [2.05, 4.69) is 36.1 Å². The van der Waals surface area contributed by atoms with Crippen molar-refractivity contribution in [2.45, 2.75) is 40.4 Å². The van der Waals surface area contributed by atoms with E-state index in [1.807, 2.05) is 30.9 Å². The van der Waals surface area contributed by atoms with Gasteiger partial charge in [-0.3, -0.25) is 19.2 Å². The van der Waals surface area contributed by atoms with Gasteiger partial charge in [0.2, 0.25) is 5.95 Å². The molecule has 0 spiro atoms. The molecule has 0 aliphatic carbocycles. The zero-order chi connectivity index (χ0) is 21.4. The molecular weight excluding hydrogens is 419 g/mol. The predicted molar refractivity (Wildman–Crippen MR) is 123 cm³/mol. The van der Waals surface area contributed by atoms with Crippen molar-refractivity contribution in [3.8, 4) is 0 Å². The molecule has 30 heavy (non-hydrogen) atoms. The number of rotatable bonds is 4. The van der Waals surface area contributed by atoms with Crippen molar-refractivity contribution in [1.82, 2.24) is 14.5 Å². The first-order valence-electron chi connectivity index (χ1n) is 9.97. The molecule has 2 heterocycles. The molecule has 5 nitrogen and oxygen atoms in total. The van der Waals surface area contributed by atoms with Gasteiger partial charge in [0.25, 0.3) is 5.56 Å². The minimum Gasteiger partial charge on any atom is -0.298 e. The van der Waals surface area contributed by atoms with Gasteiger partial charge in [0.15, 0.2) is 0 Å². The van der Waals surface area contributed by atoms with Gasteiger partial charge in [-0.15, -0.1) is 0 Å². The van der Waals surface area contributed by atoms with Crippen molar-refractivity contribution in [3.63, 3.8) is 0 Å². The first-order chi connectivity index (χ1) is 14.4. The van der Waals surface area contributed by atoms with Crippen molar-refractivity contribution < 1.29 is 0 Å². The Labute approximate surface area is 186 Å². The van der Waals surface area contributed by atoms with E-state index in [0.29, 0.717) is 42.3 Å². The van der Waals surface area contributed by atoms with E-state index < -0.39 is 0 Å². The van der Waals surface area contributed by atoms with Crippen molar-refractivity contribution in [2.24, 2.45) is 0 Å². The lowest BCUT2D eigenvalue weighted by molar-refractivity contribution is 0.189. The van der Waals surface area contributed by atoms with Crippen LogP contribution in [0.5, 0.6) is 0 Å². The molecule has 0 N–H and O–H groups in total. The van der Waals surface area contributed by atoms with Crippen molar-refractivity contribution in [2.75, 3.05) is 11.6 Å². The van der Waals surface area contributed by atoms with E-state index in [1.165, 1.54) is 11.1 Å². The summed E-state index contributed by atoms with van der Waals surface area (Å²) in [5.74, 6) is 0.619. The second kappa shape index (κ2) is 8.42. The number of aromatic nitrogens is 2. The second-order valence-corrected chi connectivity index (χ2v) is 8.59. The monoisotopic (exact) mass is 442 g/mol. The first kappa shape index (κ1) is 20.9. The Bertz CT molecular complexity index is 1120. The maximum Gasteiger partial charge on any atom is 0.259 e. The summed E-state index contributed by atoms with van der Waals surface area (Å²) in [7, 11) is 0. The molecule has 156 valence electrons. The van der Waals surface area contributed by atoms with Crippen LogP contribution in [0.4, 0.5) is 11.6 Å². The highest BCUT2D eigenvalue weighted by Crippen LogP contribution is 2.32. The van der Waals surface area contributed by atoms with Crippen LogP contribution in [0.25, 0.3) is 0 Å². The lowest BCUT2D eigenvalue weighted by atomic mass is 10.1. The van der Waals surface area contributed by atoms with Gasteiger partial charge >= 0.3 is 0 Å². The zero-order valence-electron chi connectivity index (χ0n) is 17.3. The van der Waals surface area contributed by atoms with Crippen LogP contribution in [0.15, 0.2) is 47.3 Å². The highest BCUT2D eigenvalue weighted by molar-refractivity contribution is 6.35. The van der Waals surface area contributed by atoms with E-state index in [1.54, 1.807) is 10.6 Å². The summed E-state index contributed by atoms with van der Waals surface area (Å²) in [4.78, 5) is 22.2. The van der Waals surface area contributed by atoms with Crippen molar-refractivity contribution in [1.29, 1.82) is 0 Å². The predicted octanol–water partition coefficient (Wildman–Crippen LogP) is 5.30. The number of halogens is 2. The molecule has 1 aliphatic rings. The third-order valence-electron chi connectivity index (χ3n) is 5.41. The topological polar surface area (TPSA) is 41.4 Å². The van der Waals surface area contributed by atoms with Crippen LogP contribution in [0, 0.1) is 13.8 Å². The van der Waals surface area contributed by atoms with Crippen molar-refractivity contribution in [3.05, 3.63) is 85.2 Å². The van der Waals surface area contributed by atoms with E-state index in [9.17, 15) is 4.79 Å². The van der Waals surface area contributed by atoms with Crippen LogP contribution in [-0.2, 0) is 19.6 Å². The lowest BCUT2D eigenvalue weighted by Gasteiger charge is -2.38. The number of hydrogen-bond acceptors (Lipinski definition) is 4. The Morgan fingerprint density at radius 2 is 1.67 bits per heavy atom. The van der Waals surface area contributed by atoms with Gasteiger partial charge in [0.05, 0.1) is 13.3 Å². The highest BCUT2D eigenvalue weighted by Gasteiger charge is 2.28. The molecule has 0 saturated heterocycles. The summed E-state index contributed by atoms with van der Waals surface area (Å²) < 4.78 is 1.75. The van der Waals surface area contributed by atoms with Gasteiger partial charge in [-0.1, -0.05) is 60.0 Å². The SMILES string of the molecule is CCc1c(C)nc2n(c1=O)CN(Cc1ccc(C)cc1)CN2c1cc(Cl)cc(Cl)c1. The summed E-state index contributed by atoms with van der Waals surface area (Å²) in [6.45, 7) is 7.72. The Balaban J connectivity index is 1.80. The summed E-state index contributed by atoms with van der Waals surface area (Å²) in [6, 6.07) is 13.9. The molecule has 0 fully saturated rings. The molecule has 0 saturated carbocycles. The zero-order valence-corrected chi connectivity index (χ0v) is 18.8. The van der Waals surface area contributed by atoms with Gasteiger partial charge in [-0.2, -0.15) is 0 Å². The molecule has 0 radical (unpaired) electrons. The molecule has 1 aliphatic heterocycles. The minimum atomic E-state index is 0.00623. The molecule has 0 bridgehead atoms. The van der Waals surface area contributed by atoms with Gasteiger partial charge < -0.3 is 0 Å². The van der Waals surface area contributed by atoms with Crippen LogP contribution in [0.1, 0.15) is 29.3 Å². The third-order valence-corrected chi connectivity index (χ3v) is 5.85. The number of anilines is 2. The fraction of sp³-hybridized carbons (Fsp3) is 0.304. The lowest BCUT2D eigenvalue weighted by Crippen LogP contribution is -2.47. The van der Waals surface area contributed by atoms with Crippen LogP contribution in [0.2, 0.25) is 10.0 Å². The first-order valence-corrected chi connectivity index (χ1v) is 10.7. The second-order valence-electron chi connectivity index (χ2n) is 7.72. The Morgan fingerprint density at radius 3 is 2.30 bits per heavy atom. The average Bonchev–Trinajstić information content (AvgIpc) is 2.69.